The first kappa shape index (κ1) is 12.4. The minimum atomic E-state index is -0.0827. The summed E-state index contributed by atoms with van der Waals surface area (Å²) in [6, 6.07) is 5.81. The van der Waals surface area contributed by atoms with E-state index in [1.807, 2.05) is 32.0 Å². The molecule has 1 amide bonds. The van der Waals surface area contributed by atoms with Crippen molar-refractivity contribution in [3.8, 4) is 5.75 Å². The van der Waals surface area contributed by atoms with Crippen LogP contribution in [0.5, 0.6) is 5.75 Å². The number of hydrogen-bond donors (Lipinski definition) is 2. The van der Waals surface area contributed by atoms with Crippen LogP contribution in [0.1, 0.15) is 20.8 Å². The van der Waals surface area contributed by atoms with Gasteiger partial charge in [-0.3, -0.25) is 4.79 Å². The smallest absolute Gasteiger partial charge is 0.221 e. The predicted octanol–water partition coefficient (Wildman–Crippen LogP) is 2.47. The van der Waals surface area contributed by atoms with Crippen LogP contribution in [0.25, 0.3) is 0 Å². The topological polar surface area (TPSA) is 50.4 Å². The summed E-state index contributed by atoms with van der Waals surface area (Å²) in [6.45, 7) is 5.58. The molecule has 0 aromatic heterocycles. The lowest BCUT2D eigenvalue weighted by molar-refractivity contribution is -0.114. The molecule has 0 spiro atoms. The molecule has 0 fully saturated rings. The van der Waals surface area contributed by atoms with E-state index in [0.29, 0.717) is 6.04 Å². The highest BCUT2D eigenvalue weighted by Gasteiger charge is 2.06. The molecule has 1 aromatic carbocycles. The maximum Gasteiger partial charge on any atom is 0.221 e. The van der Waals surface area contributed by atoms with Gasteiger partial charge in [-0.05, 0) is 32.0 Å². The standard InChI is InChI=1S/C12H18N2O2/c1-8(2)13-11-7-10(14-9(3)15)5-6-12(11)16-4/h5-8,13H,1-4H3,(H,14,15). The molecule has 0 bridgehead atoms. The number of benzene rings is 1. The van der Waals surface area contributed by atoms with Crippen molar-refractivity contribution in [3.63, 3.8) is 0 Å². The Morgan fingerprint density at radius 3 is 2.56 bits per heavy atom. The van der Waals surface area contributed by atoms with E-state index in [2.05, 4.69) is 10.6 Å². The van der Waals surface area contributed by atoms with Crippen molar-refractivity contribution in [3.05, 3.63) is 18.2 Å². The highest BCUT2D eigenvalue weighted by atomic mass is 16.5. The van der Waals surface area contributed by atoms with Gasteiger partial charge in [-0.25, -0.2) is 0 Å². The molecular formula is C12H18N2O2. The van der Waals surface area contributed by atoms with Crippen LogP contribution in [0.15, 0.2) is 18.2 Å². The number of carbonyl (C=O) groups is 1. The summed E-state index contributed by atoms with van der Waals surface area (Å²) in [5.74, 6) is 0.684. The van der Waals surface area contributed by atoms with E-state index in [-0.39, 0.29) is 5.91 Å². The summed E-state index contributed by atoms with van der Waals surface area (Å²) >= 11 is 0. The number of hydrogen-bond acceptors (Lipinski definition) is 3. The maximum absolute atomic E-state index is 10.9. The molecule has 16 heavy (non-hydrogen) atoms. The molecule has 0 radical (unpaired) electrons. The van der Waals surface area contributed by atoms with Crippen LogP contribution in [0.2, 0.25) is 0 Å². The average Bonchev–Trinajstić information content (AvgIpc) is 2.16. The van der Waals surface area contributed by atoms with E-state index in [1.165, 1.54) is 6.92 Å². The molecule has 0 unspecified atom stereocenters. The first-order valence-electron chi connectivity index (χ1n) is 5.25. The van der Waals surface area contributed by atoms with Crippen molar-refractivity contribution in [2.24, 2.45) is 0 Å². The second kappa shape index (κ2) is 5.39. The molecule has 88 valence electrons. The fraction of sp³-hybridized carbons (Fsp3) is 0.417. The van der Waals surface area contributed by atoms with Crippen LogP contribution in [0.4, 0.5) is 11.4 Å². The zero-order valence-corrected chi connectivity index (χ0v) is 10.1. The number of anilines is 2. The van der Waals surface area contributed by atoms with Gasteiger partial charge in [0.1, 0.15) is 5.75 Å². The van der Waals surface area contributed by atoms with Gasteiger partial charge in [0.05, 0.1) is 12.8 Å². The Labute approximate surface area is 96.0 Å². The highest BCUT2D eigenvalue weighted by Crippen LogP contribution is 2.28. The van der Waals surface area contributed by atoms with Crippen LogP contribution >= 0.6 is 0 Å². The number of ether oxygens (including phenoxy) is 1. The van der Waals surface area contributed by atoms with Crippen LogP contribution in [-0.2, 0) is 4.79 Å². The molecule has 4 heteroatoms. The summed E-state index contributed by atoms with van der Waals surface area (Å²) in [4.78, 5) is 10.9. The molecule has 0 aliphatic rings. The normalized spacial score (nSPS) is 10.1. The predicted molar refractivity (Wildman–Crippen MR) is 66.1 cm³/mol. The molecule has 0 saturated heterocycles. The third-order valence-electron chi connectivity index (χ3n) is 1.96. The summed E-state index contributed by atoms with van der Waals surface area (Å²) in [5.41, 5.74) is 1.64. The Morgan fingerprint density at radius 1 is 1.38 bits per heavy atom. The van der Waals surface area contributed by atoms with Crippen LogP contribution in [0.3, 0.4) is 0 Å². The summed E-state index contributed by atoms with van der Waals surface area (Å²) in [7, 11) is 1.62. The van der Waals surface area contributed by atoms with Gasteiger partial charge in [-0.15, -0.1) is 0 Å². The lowest BCUT2D eigenvalue weighted by atomic mass is 10.2. The average molecular weight is 222 g/mol. The molecule has 0 heterocycles. The molecule has 0 aliphatic heterocycles. The van der Waals surface area contributed by atoms with Crippen LogP contribution < -0.4 is 15.4 Å². The molecule has 4 nitrogen and oxygen atoms in total. The van der Waals surface area contributed by atoms with E-state index in [9.17, 15) is 4.79 Å². The number of rotatable bonds is 4. The molecular weight excluding hydrogens is 204 g/mol. The number of methoxy groups -OCH3 is 1. The van der Waals surface area contributed by atoms with Crippen molar-refractivity contribution >= 4 is 17.3 Å². The quantitative estimate of drug-likeness (QED) is 0.822. The molecule has 0 aliphatic carbocycles. The van der Waals surface area contributed by atoms with Crippen LogP contribution in [-0.4, -0.2) is 19.1 Å². The molecule has 2 N–H and O–H groups in total. The van der Waals surface area contributed by atoms with E-state index in [1.54, 1.807) is 7.11 Å². The monoisotopic (exact) mass is 222 g/mol. The zero-order chi connectivity index (χ0) is 12.1. The molecule has 0 atom stereocenters. The van der Waals surface area contributed by atoms with Gasteiger partial charge in [0, 0.05) is 18.7 Å². The van der Waals surface area contributed by atoms with Gasteiger partial charge in [0.25, 0.3) is 0 Å². The van der Waals surface area contributed by atoms with Crippen molar-refractivity contribution in [1.29, 1.82) is 0 Å². The lowest BCUT2D eigenvalue weighted by Crippen LogP contribution is -2.12. The van der Waals surface area contributed by atoms with Gasteiger partial charge in [0.15, 0.2) is 0 Å². The Morgan fingerprint density at radius 2 is 2.06 bits per heavy atom. The fourth-order valence-corrected chi connectivity index (χ4v) is 1.41. The first-order chi connectivity index (χ1) is 7.52. The van der Waals surface area contributed by atoms with E-state index in [0.717, 1.165) is 17.1 Å². The van der Waals surface area contributed by atoms with E-state index >= 15 is 0 Å². The van der Waals surface area contributed by atoms with Gasteiger partial charge in [-0.1, -0.05) is 0 Å². The van der Waals surface area contributed by atoms with E-state index < -0.39 is 0 Å². The van der Waals surface area contributed by atoms with Gasteiger partial charge >= 0.3 is 0 Å². The Balaban J connectivity index is 2.96. The van der Waals surface area contributed by atoms with Crippen molar-refractivity contribution in [1.82, 2.24) is 0 Å². The largest absolute Gasteiger partial charge is 0.495 e. The maximum atomic E-state index is 10.9. The molecule has 1 rings (SSSR count). The summed E-state index contributed by atoms with van der Waals surface area (Å²) in [5, 5.41) is 6.00. The minimum absolute atomic E-state index is 0.0827. The molecule has 0 saturated carbocycles. The van der Waals surface area contributed by atoms with Crippen molar-refractivity contribution in [2.75, 3.05) is 17.7 Å². The number of amides is 1. The molecule has 1 aromatic rings. The second-order valence-corrected chi connectivity index (χ2v) is 3.90. The Kier molecular flexibility index (Phi) is 4.17. The van der Waals surface area contributed by atoms with Crippen LogP contribution in [0, 0.1) is 0 Å². The highest BCUT2D eigenvalue weighted by molar-refractivity contribution is 5.89. The third kappa shape index (κ3) is 3.46. The summed E-state index contributed by atoms with van der Waals surface area (Å²) < 4.78 is 5.23. The van der Waals surface area contributed by atoms with Crippen molar-refractivity contribution < 1.29 is 9.53 Å². The van der Waals surface area contributed by atoms with Crippen molar-refractivity contribution in [2.45, 2.75) is 26.8 Å². The van der Waals surface area contributed by atoms with Gasteiger partial charge in [-0.2, -0.15) is 0 Å². The summed E-state index contributed by atoms with van der Waals surface area (Å²) in [6.07, 6.45) is 0. The van der Waals surface area contributed by atoms with Gasteiger partial charge < -0.3 is 15.4 Å². The Bertz CT molecular complexity index is 375. The second-order valence-electron chi connectivity index (χ2n) is 3.90. The number of nitrogens with one attached hydrogen (secondary N) is 2. The van der Waals surface area contributed by atoms with Gasteiger partial charge in [0.2, 0.25) is 5.91 Å². The fourth-order valence-electron chi connectivity index (χ4n) is 1.41. The minimum Gasteiger partial charge on any atom is -0.495 e. The first-order valence-corrected chi connectivity index (χ1v) is 5.25. The zero-order valence-electron chi connectivity index (χ0n) is 10.1. The lowest BCUT2D eigenvalue weighted by Gasteiger charge is -2.15. The SMILES string of the molecule is COc1ccc(NC(C)=O)cc1NC(C)C. The number of carbonyl (C=O) groups excluding carboxylic acids is 1. The third-order valence-corrected chi connectivity index (χ3v) is 1.96. The van der Waals surface area contributed by atoms with E-state index in [4.69, 9.17) is 4.74 Å². The Hall–Kier alpha value is -1.71.